The second-order valence-electron chi connectivity index (χ2n) is 8.29. The fraction of sp³-hybridized carbons (Fsp3) is 0.192. The van der Waals surface area contributed by atoms with Gasteiger partial charge < -0.3 is 23.9 Å². The van der Waals surface area contributed by atoms with Crippen molar-refractivity contribution in [3.05, 3.63) is 65.7 Å². The van der Waals surface area contributed by atoms with E-state index in [1.807, 2.05) is 30.3 Å². The van der Waals surface area contributed by atoms with Gasteiger partial charge in [-0.15, -0.1) is 0 Å². The van der Waals surface area contributed by atoms with Crippen molar-refractivity contribution in [2.24, 2.45) is 0 Å². The van der Waals surface area contributed by atoms with E-state index < -0.39 is 0 Å². The molecule has 1 aromatic heterocycles. The third-order valence-corrected chi connectivity index (χ3v) is 5.84. The lowest BCUT2D eigenvalue weighted by Gasteiger charge is -2.13. The van der Waals surface area contributed by atoms with Crippen LogP contribution in [0.4, 0.5) is 5.69 Å². The number of carbonyl (C=O) groups is 1. The predicted molar refractivity (Wildman–Crippen MR) is 136 cm³/mol. The molecular weight excluding hydrogens is 466 g/mol. The molecule has 1 aliphatic heterocycles. The average Bonchev–Trinajstić information content (AvgIpc) is 3.49. The summed E-state index contributed by atoms with van der Waals surface area (Å²) in [5.41, 5.74) is 4.39. The number of carbonyl (C=O) groups excluding carboxylic acids is 1. The van der Waals surface area contributed by atoms with Crippen molar-refractivity contribution in [1.29, 1.82) is 0 Å². The first-order chi connectivity index (χ1) is 16.9. The summed E-state index contributed by atoms with van der Waals surface area (Å²) >= 11 is 5.38. The first-order valence-corrected chi connectivity index (χ1v) is 11.4. The van der Waals surface area contributed by atoms with Gasteiger partial charge in [0, 0.05) is 11.1 Å². The molecule has 0 aliphatic carbocycles. The zero-order valence-corrected chi connectivity index (χ0v) is 20.2. The van der Waals surface area contributed by atoms with Crippen LogP contribution in [-0.4, -0.2) is 29.9 Å². The van der Waals surface area contributed by atoms with Crippen LogP contribution in [0.2, 0.25) is 0 Å². The Balaban J connectivity index is 1.35. The molecule has 3 aromatic carbocycles. The van der Waals surface area contributed by atoms with E-state index >= 15 is 0 Å². The van der Waals surface area contributed by atoms with Gasteiger partial charge in [0.25, 0.3) is 5.91 Å². The Kier molecular flexibility index (Phi) is 6.00. The average molecular weight is 490 g/mol. The summed E-state index contributed by atoms with van der Waals surface area (Å²) in [4.78, 5) is 17.3. The standard InChI is InChI=1S/C26H23N3O5S/c1-14(2)15-4-8-21-19(10-15)27-25(34-21)17-6-7-20(31-3)18(11-17)28-26(35)29-24(30)16-5-9-22-23(12-16)33-13-32-22/h4-12,14H,13H2,1-3H3,(H2,28,29,30,35). The van der Waals surface area contributed by atoms with Gasteiger partial charge in [0.2, 0.25) is 12.7 Å². The van der Waals surface area contributed by atoms with Crippen molar-refractivity contribution >= 4 is 40.0 Å². The maximum atomic E-state index is 12.7. The van der Waals surface area contributed by atoms with Crippen LogP contribution in [0, 0.1) is 0 Å². The number of amides is 1. The van der Waals surface area contributed by atoms with Gasteiger partial charge in [0.05, 0.1) is 12.8 Å². The van der Waals surface area contributed by atoms with Gasteiger partial charge >= 0.3 is 0 Å². The Hall–Kier alpha value is -4.11. The van der Waals surface area contributed by atoms with E-state index in [4.69, 9.17) is 30.8 Å². The Labute approximate surface area is 207 Å². The molecule has 5 rings (SSSR count). The molecule has 0 unspecified atom stereocenters. The molecule has 0 saturated heterocycles. The molecule has 0 spiro atoms. The highest BCUT2D eigenvalue weighted by atomic mass is 32.1. The largest absolute Gasteiger partial charge is 0.495 e. The molecule has 2 heterocycles. The van der Waals surface area contributed by atoms with Crippen LogP contribution in [0.1, 0.15) is 35.7 Å². The van der Waals surface area contributed by atoms with Crippen molar-refractivity contribution in [3.8, 4) is 28.7 Å². The number of fused-ring (bicyclic) bond motifs is 2. The number of hydrogen-bond acceptors (Lipinski definition) is 7. The van der Waals surface area contributed by atoms with Crippen LogP contribution in [0.15, 0.2) is 59.0 Å². The zero-order chi connectivity index (χ0) is 24.5. The molecule has 2 N–H and O–H groups in total. The minimum absolute atomic E-state index is 0.113. The highest BCUT2D eigenvalue weighted by Gasteiger charge is 2.18. The predicted octanol–water partition coefficient (Wildman–Crippen LogP) is 5.48. The fourth-order valence-corrected chi connectivity index (χ4v) is 3.94. The molecule has 178 valence electrons. The van der Waals surface area contributed by atoms with E-state index in [-0.39, 0.29) is 17.8 Å². The lowest BCUT2D eigenvalue weighted by Crippen LogP contribution is -2.34. The van der Waals surface area contributed by atoms with Gasteiger partial charge in [-0.1, -0.05) is 19.9 Å². The Morgan fingerprint density at radius 3 is 2.69 bits per heavy atom. The van der Waals surface area contributed by atoms with Crippen molar-refractivity contribution in [2.45, 2.75) is 19.8 Å². The maximum Gasteiger partial charge on any atom is 0.257 e. The van der Waals surface area contributed by atoms with Crippen molar-refractivity contribution in [1.82, 2.24) is 10.3 Å². The summed E-state index contributed by atoms with van der Waals surface area (Å²) in [7, 11) is 1.56. The SMILES string of the molecule is COc1ccc(-c2nc3cc(C(C)C)ccc3o2)cc1NC(=S)NC(=O)c1ccc2c(c1)OCO2. The van der Waals surface area contributed by atoms with Gasteiger partial charge in [-0.2, -0.15) is 0 Å². The second kappa shape index (κ2) is 9.27. The molecule has 35 heavy (non-hydrogen) atoms. The van der Waals surface area contributed by atoms with Crippen LogP contribution >= 0.6 is 12.2 Å². The first kappa shape index (κ1) is 22.7. The number of hydrogen-bond donors (Lipinski definition) is 2. The topological polar surface area (TPSA) is 94.9 Å². The molecule has 4 aromatic rings. The minimum Gasteiger partial charge on any atom is -0.495 e. The van der Waals surface area contributed by atoms with E-state index in [0.717, 1.165) is 11.1 Å². The number of nitrogens with zero attached hydrogens (tertiary/aromatic N) is 1. The fourth-order valence-electron chi connectivity index (χ4n) is 3.73. The lowest BCUT2D eigenvalue weighted by molar-refractivity contribution is 0.0977. The van der Waals surface area contributed by atoms with Gasteiger partial charge in [-0.3, -0.25) is 10.1 Å². The minimum atomic E-state index is -0.379. The zero-order valence-electron chi connectivity index (χ0n) is 19.4. The van der Waals surface area contributed by atoms with Crippen molar-refractivity contribution in [3.63, 3.8) is 0 Å². The highest BCUT2D eigenvalue weighted by Crippen LogP contribution is 2.34. The summed E-state index contributed by atoms with van der Waals surface area (Å²) in [5, 5.41) is 5.82. The number of ether oxygens (including phenoxy) is 3. The van der Waals surface area contributed by atoms with Crippen LogP contribution < -0.4 is 24.8 Å². The second-order valence-corrected chi connectivity index (χ2v) is 8.70. The Bertz CT molecular complexity index is 1450. The van der Waals surface area contributed by atoms with E-state index in [9.17, 15) is 4.79 Å². The normalized spacial score (nSPS) is 12.1. The van der Waals surface area contributed by atoms with E-state index in [0.29, 0.717) is 45.9 Å². The molecular formula is C26H23N3O5S. The third kappa shape index (κ3) is 4.63. The molecule has 1 amide bonds. The van der Waals surface area contributed by atoms with Crippen LogP contribution in [0.25, 0.3) is 22.6 Å². The maximum absolute atomic E-state index is 12.7. The quantitative estimate of drug-likeness (QED) is 0.356. The number of nitrogens with one attached hydrogen (secondary N) is 2. The summed E-state index contributed by atoms with van der Waals surface area (Å²) in [6.45, 7) is 4.41. The number of aromatic nitrogens is 1. The number of rotatable bonds is 5. The van der Waals surface area contributed by atoms with E-state index in [2.05, 4.69) is 29.5 Å². The Morgan fingerprint density at radius 2 is 1.89 bits per heavy atom. The van der Waals surface area contributed by atoms with Crippen molar-refractivity contribution < 1.29 is 23.4 Å². The molecule has 0 bridgehead atoms. The van der Waals surface area contributed by atoms with Crippen LogP contribution in [-0.2, 0) is 0 Å². The van der Waals surface area contributed by atoms with Gasteiger partial charge in [0.15, 0.2) is 22.2 Å². The summed E-state index contributed by atoms with van der Waals surface area (Å²) in [6.07, 6.45) is 0. The Morgan fingerprint density at radius 1 is 1.06 bits per heavy atom. The van der Waals surface area contributed by atoms with Gasteiger partial charge in [-0.05, 0) is 72.2 Å². The molecule has 0 atom stereocenters. The molecule has 0 fully saturated rings. The number of anilines is 1. The van der Waals surface area contributed by atoms with Gasteiger partial charge in [-0.25, -0.2) is 4.98 Å². The molecule has 0 saturated carbocycles. The highest BCUT2D eigenvalue weighted by molar-refractivity contribution is 7.80. The molecule has 1 aliphatic rings. The van der Waals surface area contributed by atoms with Crippen molar-refractivity contribution in [2.75, 3.05) is 19.2 Å². The number of oxazole rings is 1. The van der Waals surface area contributed by atoms with Gasteiger partial charge in [0.1, 0.15) is 11.3 Å². The lowest BCUT2D eigenvalue weighted by atomic mass is 10.0. The van der Waals surface area contributed by atoms with Crippen LogP contribution in [0.5, 0.6) is 17.2 Å². The molecule has 9 heteroatoms. The monoisotopic (exact) mass is 489 g/mol. The number of thiocarbonyl (C=S) groups is 1. The number of benzene rings is 3. The first-order valence-electron chi connectivity index (χ1n) is 11.0. The smallest absolute Gasteiger partial charge is 0.257 e. The molecule has 8 nitrogen and oxygen atoms in total. The van der Waals surface area contributed by atoms with E-state index in [1.165, 1.54) is 5.56 Å². The summed E-state index contributed by atoms with van der Waals surface area (Å²) in [6, 6.07) is 16.4. The third-order valence-electron chi connectivity index (χ3n) is 5.63. The summed E-state index contributed by atoms with van der Waals surface area (Å²) in [5.74, 6) is 2.16. The molecule has 0 radical (unpaired) electrons. The van der Waals surface area contributed by atoms with Crippen LogP contribution in [0.3, 0.4) is 0 Å². The summed E-state index contributed by atoms with van der Waals surface area (Å²) < 4.78 is 22.1. The number of methoxy groups -OCH3 is 1. The van der Waals surface area contributed by atoms with E-state index in [1.54, 1.807) is 31.4 Å².